The molecule has 0 amide bonds. The molecule has 40 heavy (non-hydrogen) atoms. The van der Waals surface area contributed by atoms with Gasteiger partial charge in [0.05, 0.1) is 21.3 Å². The number of rotatable bonds is 8. The Balaban J connectivity index is 1.36. The highest BCUT2D eigenvalue weighted by molar-refractivity contribution is 6.00. The van der Waals surface area contributed by atoms with Gasteiger partial charge in [-0.3, -0.25) is 4.79 Å². The van der Waals surface area contributed by atoms with Crippen LogP contribution in [0, 0.1) is 0 Å². The van der Waals surface area contributed by atoms with E-state index in [2.05, 4.69) is 15.4 Å². The van der Waals surface area contributed by atoms with E-state index in [0.717, 1.165) is 22.4 Å². The molecule has 0 saturated carbocycles. The molecule has 1 aromatic heterocycles. The van der Waals surface area contributed by atoms with Gasteiger partial charge in [0.25, 0.3) is 0 Å². The monoisotopic (exact) mass is 538 g/mol. The molecule has 2 atom stereocenters. The number of ether oxygens (including phenoxy) is 4. The minimum absolute atomic E-state index is 0.0192. The molecule has 0 bridgehead atoms. The fraction of sp³-hybridized carbons (Fsp3) is 0.258. The van der Waals surface area contributed by atoms with Crippen LogP contribution in [0.1, 0.15) is 41.5 Å². The Morgan fingerprint density at radius 2 is 1.55 bits per heavy atom. The molecule has 2 aliphatic rings. The second-order valence-electron chi connectivity index (χ2n) is 9.78. The number of benzene rings is 3. The minimum atomic E-state index is -0.447. The van der Waals surface area contributed by atoms with Crippen LogP contribution < -0.4 is 24.3 Å². The van der Waals surface area contributed by atoms with E-state index < -0.39 is 6.04 Å². The number of carbonyl (C=O) groups is 1. The maximum absolute atomic E-state index is 13.9. The molecule has 2 heterocycles. The van der Waals surface area contributed by atoms with E-state index in [-0.39, 0.29) is 11.7 Å². The molecule has 9 heteroatoms. The number of Topliss-reactive ketones (excluding diaryl/α,β-unsaturated/α-hetero) is 1. The van der Waals surface area contributed by atoms with Gasteiger partial charge < -0.3 is 24.3 Å². The summed E-state index contributed by atoms with van der Waals surface area (Å²) in [6.45, 7) is 0.390. The molecule has 1 aliphatic heterocycles. The smallest absolute Gasteiger partial charge is 0.226 e. The van der Waals surface area contributed by atoms with Gasteiger partial charge in [0, 0.05) is 17.7 Å². The number of allylic oxidation sites excluding steroid dienone is 2. The van der Waals surface area contributed by atoms with Crippen molar-refractivity contribution in [2.75, 3.05) is 26.6 Å². The summed E-state index contributed by atoms with van der Waals surface area (Å²) >= 11 is 0. The van der Waals surface area contributed by atoms with Crippen molar-refractivity contribution in [3.05, 3.63) is 101 Å². The molecular weight excluding hydrogens is 508 g/mol. The molecular formula is C31H30N4O5. The van der Waals surface area contributed by atoms with Crippen molar-refractivity contribution < 1.29 is 23.7 Å². The summed E-state index contributed by atoms with van der Waals surface area (Å²) in [5, 5.41) is 7.86. The van der Waals surface area contributed by atoms with Gasteiger partial charge in [-0.25, -0.2) is 4.68 Å². The van der Waals surface area contributed by atoms with Crippen LogP contribution in [0.4, 0.5) is 5.95 Å². The molecule has 204 valence electrons. The summed E-state index contributed by atoms with van der Waals surface area (Å²) < 4.78 is 24.4. The van der Waals surface area contributed by atoms with Crippen molar-refractivity contribution in [3.63, 3.8) is 0 Å². The molecule has 0 radical (unpaired) electrons. The Morgan fingerprint density at radius 3 is 2.30 bits per heavy atom. The number of carbonyl (C=O) groups excluding carboxylic acids is 1. The Bertz CT molecular complexity index is 1580. The number of aromatic nitrogens is 3. The van der Waals surface area contributed by atoms with Crippen molar-refractivity contribution in [2.24, 2.45) is 0 Å². The minimum Gasteiger partial charge on any atom is -0.493 e. The van der Waals surface area contributed by atoms with Crippen LogP contribution in [0.15, 0.2) is 84.3 Å². The van der Waals surface area contributed by atoms with E-state index in [9.17, 15) is 4.79 Å². The Labute approximate surface area is 232 Å². The third-order valence-electron chi connectivity index (χ3n) is 7.48. The SMILES string of the molecule is COc1ccc([C@@H]2CC(=O)C3=C(C2)Nc2ncnn2[C@H]3c2ccc(OC)c(OCc3ccccc3)c2)cc1OC. The predicted molar refractivity (Wildman–Crippen MR) is 149 cm³/mol. The van der Waals surface area contributed by atoms with Crippen molar-refractivity contribution in [2.45, 2.75) is 31.4 Å². The quantitative estimate of drug-likeness (QED) is 0.323. The molecule has 1 aliphatic carbocycles. The van der Waals surface area contributed by atoms with Crippen LogP contribution in [0.5, 0.6) is 23.0 Å². The number of hydrogen-bond donors (Lipinski definition) is 1. The first-order chi connectivity index (χ1) is 19.6. The van der Waals surface area contributed by atoms with E-state index >= 15 is 0 Å². The Kier molecular flexibility index (Phi) is 6.86. The first-order valence-corrected chi connectivity index (χ1v) is 13.1. The lowest BCUT2D eigenvalue weighted by Gasteiger charge is -2.35. The number of ketones is 1. The number of methoxy groups -OCH3 is 3. The molecule has 6 rings (SSSR count). The van der Waals surface area contributed by atoms with Crippen molar-refractivity contribution in [1.82, 2.24) is 14.8 Å². The summed E-state index contributed by atoms with van der Waals surface area (Å²) in [6, 6.07) is 21.1. The van der Waals surface area contributed by atoms with E-state index in [0.29, 0.717) is 54.0 Å². The molecule has 0 spiro atoms. The van der Waals surface area contributed by atoms with E-state index in [1.165, 1.54) is 6.33 Å². The lowest BCUT2D eigenvalue weighted by atomic mass is 9.78. The van der Waals surface area contributed by atoms with Crippen molar-refractivity contribution >= 4 is 11.7 Å². The number of nitrogens with one attached hydrogen (secondary N) is 1. The predicted octanol–water partition coefficient (Wildman–Crippen LogP) is 5.30. The van der Waals surface area contributed by atoms with Crippen molar-refractivity contribution in [3.8, 4) is 23.0 Å². The van der Waals surface area contributed by atoms with E-state index in [1.807, 2.05) is 66.7 Å². The second-order valence-corrected chi connectivity index (χ2v) is 9.78. The summed E-state index contributed by atoms with van der Waals surface area (Å²) in [6.07, 6.45) is 2.51. The van der Waals surface area contributed by atoms with Gasteiger partial charge in [0.15, 0.2) is 28.8 Å². The Morgan fingerprint density at radius 1 is 0.850 bits per heavy atom. The van der Waals surface area contributed by atoms with E-state index in [1.54, 1.807) is 26.0 Å². The summed E-state index contributed by atoms with van der Waals surface area (Å²) in [7, 11) is 4.84. The maximum Gasteiger partial charge on any atom is 0.226 e. The lowest BCUT2D eigenvalue weighted by Crippen LogP contribution is -2.33. The van der Waals surface area contributed by atoms with Crippen LogP contribution in [0.25, 0.3) is 0 Å². The third-order valence-corrected chi connectivity index (χ3v) is 7.48. The van der Waals surface area contributed by atoms with Gasteiger partial charge in [-0.15, -0.1) is 0 Å². The highest BCUT2D eigenvalue weighted by atomic mass is 16.5. The van der Waals surface area contributed by atoms with Gasteiger partial charge >= 0.3 is 0 Å². The topological polar surface area (TPSA) is 96.7 Å². The molecule has 0 unspecified atom stereocenters. The molecule has 4 aromatic rings. The highest BCUT2D eigenvalue weighted by Gasteiger charge is 2.39. The maximum atomic E-state index is 13.9. The largest absolute Gasteiger partial charge is 0.493 e. The van der Waals surface area contributed by atoms with Crippen LogP contribution in [0.3, 0.4) is 0 Å². The van der Waals surface area contributed by atoms with Crippen LogP contribution in [0.2, 0.25) is 0 Å². The zero-order chi connectivity index (χ0) is 27.6. The number of fused-ring (bicyclic) bond motifs is 1. The molecule has 9 nitrogen and oxygen atoms in total. The summed E-state index contributed by atoms with van der Waals surface area (Å²) in [5.74, 6) is 3.14. The van der Waals surface area contributed by atoms with Gasteiger partial charge in [0.1, 0.15) is 19.0 Å². The van der Waals surface area contributed by atoms with Gasteiger partial charge in [-0.05, 0) is 53.3 Å². The average Bonchev–Trinajstić information content (AvgIpc) is 3.47. The second kappa shape index (κ2) is 10.8. The van der Waals surface area contributed by atoms with E-state index in [4.69, 9.17) is 18.9 Å². The molecule has 1 N–H and O–H groups in total. The lowest BCUT2D eigenvalue weighted by molar-refractivity contribution is -0.116. The zero-order valence-electron chi connectivity index (χ0n) is 22.6. The molecule has 3 aromatic carbocycles. The number of anilines is 1. The summed E-state index contributed by atoms with van der Waals surface area (Å²) in [5.41, 5.74) is 4.47. The van der Waals surface area contributed by atoms with Crippen LogP contribution >= 0.6 is 0 Å². The van der Waals surface area contributed by atoms with Gasteiger partial charge in [-0.2, -0.15) is 10.1 Å². The first kappa shape index (κ1) is 25.5. The fourth-order valence-corrected chi connectivity index (χ4v) is 5.51. The summed E-state index contributed by atoms with van der Waals surface area (Å²) in [4.78, 5) is 18.3. The van der Waals surface area contributed by atoms with Crippen LogP contribution in [-0.4, -0.2) is 41.9 Å². The molecule has 0 saturated heterocycles. The average molecular weight is 539 g/mol. The third kappa shape index (κ3) is 4.64. The standard InChI is InChI=1S/C31H30N4O5/c1-37-25-11-9-20(15-27(25)39-3)22-13-23-29(24(36)14-22)30(35-31(34-23)32-18-33-35)21-10-12-26(38-2)28(16-21)40-17-19-7-5-4-6-8-19/h4-12,15-16,18,22,30H,13-14,17H2,1-3H3,(H,32,33,34)/t22-,30-/m0/s1. The first-order valence-electron chi connectivity index (χ1n) is 13.1. The van der Waals surface area contributed by atoms with Gasteiger partial charge in [0.2, 0.25) is 5.95 Å². The molecule has 0 fully saturated rings. The highest BCUT2D eigenvalue weighted by Crippen LogP contribution is 2.46. The Hall–Kier alpha value is -4.79. The number of nitrogens with zero attached hydrogens (tertiary/aromatic N) is 3. The normalized spacial score (nSPS) is 17.9. The zero-order valence-corrected chi connectivity index (χ0v) is 22.6. The fourth-order valence-electron chi connectivity index (χ4n) is 5.51. The van der Waals surface area contributed by atoms with Crippen LogP contribution in [-0.2, 0) is 11.4 Å². The van der Waals surface area contributed by atoms with Gasteiger partial charge in [-0.1, -0.05) is 42.5 Å². The number of hydrogen-bond acceptors (Lipinski definition) is 8. The van der Waals surface area contributed by atoms with Crippen molar-refractivity contribution in [1.29, 1.82) is 0 Å².